The molecule has 2 aromatic heterocycles. The van der Waals surface area contributed by atoms with Gasteiger partial charge in [-0.15, -0.1) is 0 Å². The summed E-state index contributed by atoms with van der Waals surface area (Å²) < 4.78 is 7.54. The van der Waals surface area contributed by atoms with E-state index >= 15 is 0 Å². The SMILES string of the molecule is COCc1nc2cccnc2n1C1CCN(C(=O)Nc2cccc(C)c2C)CC1. The minimum Gasteiger partial charge on any atom is -0.377 e. The van der Waals surface area contributed by atoms with Gasteiger partial charge in [-0.3, -0.25) is 0 Å². The number of fused-ring (bicyclic) bond motifs is 1. The summed E-state index contributed by atoms with van der Waals surface area (Å²) in [6, 6.07) is 10.1. The first-order chi connectivity index (χ1) is 14.1. The summed E-state index contributed by atoms with van der Waals surface area (Å²) in [5.41, 5.74) is 4.93. The van der Waals surface area contributed by atoms with E-state index in [-0.39, 0.29) is 12.1 Å². The third kappa shape index (κ3) is 3.82. The van der Waals surface area contributed by atoms with Crippen molar-refractivity contribution in [2.24, 2.45) is 0 Å². The van der Waals surface area contributed by atoms with Crippen molar-refractivity contribution in [3.05, 3.63) is 53.5 Å². The molecule has 1 N–H and O–H groups in total. The van der Waals surface area contributed by atoms with E-state index in [2.05, 4.69) is 32.8 Å². The van der Waals surface area contributed by atoms with Crippen LogP contribution in [0.2, 0.25) is 0 Å². The Morgan fingerprint density at radius 1 is 1.21 bits per heavy atom. The molecule has 0 atom stereocenters. The molecular weight excluding hydrogens is 366 g/mol. The fourth-order valence-electron chi connectivity index (χ4n) is 4.00. The van der Waals surface area contributed by atoms with Crippen molar-refractivity contribution >= 4 is 22.9 Å². The molecular formula is C22H27N5O2. The first-order valence-electron chi connectivity index (χ1n) is 10.0. The lowest BCUT2D eigenvalue weighted by molar-refractivity contribution is 0.162. The van der Waals surface area contributed by atoms with Gasteiger partial charge in [0.1, 0.15) is 17.9 Å². The molecule has 1 fully saturated rings. The molecule has 0 saturated carbocycles. The number of imidazole rings is 1. The highest BCUT2D eigenvalue weighted by Crippen LogP contribution is 2.29. The predicted octanol–water partition coefficient (Wildman–Crippen LogP) is 4.06. The predicted molar refractivity (Wildman–Crippen MR) is 113 cm³/mol. The van der Waals surface area contributed by atoms with Crippen molar-refractivity contribution in [3.63, 3.8) is 0 Å². The van der Waals surface area contributed by atoms with E-state index in [1.54, 1.807) is 13.3 Å². The second kappa shape index (κ2) is 8.21. The molecule has 3 aromatic rings. The van der Waals surface area contributed by atoms with Crippen molar-refractivity contribution < 1.29 is 9.53 Å². The zero-order chi connectivity index (χ0) is 20.4. The number of amides is 2. The van der Waals surface area contributed by atoms with Crippen molar-refractivity contribution in [2.75, 3.05) is 25.5 Å². The number of likely N-dealkylation sites (tertiary alicyclic amines) is 1. The number of pyridine rings is 1. The van der Waals surface area contributed by atoms with Crippen LogP contribution in [0.1, 0.15) is 35.8 Å². The summed E-state index contributed by atoms with van der Waals surface area (Å²) >= 11 is 0. The van der Waals surface area contributed by atoms with Crippen LogP contribution in [0.25, 0.3) is 11.2 Å². The Labute approximate surface area is 170 Å². The lowest BCUT2D eigenvalue weighted by atomic mass is 10.0. The van der Waals surface area contributed by atoms with Gasteiger partial charge in [-0.25, -0.2) is 14.8 Å². The molecule has 7 heteroatoms. The fraction of sp³-hybridized carbons (Fsp3) is 0.409. The average Bonchev–Trinajstić information content (AvgIpc) is 3.10. The van der Waals surface area contributed by atoms with E-state index in [1.165, 1.54) is 5.56 Å². The van der Waals surface area contributed by atoms with Crippen LogP contribution < -0.4 is 5.32 Å². The lowest BCUT2D eigenvalue weighted by Gasteiger charge is -2.33. The summed E-state index contributed by atoms with van der Waals surface area (Å²) in [5, 5.41) is 3.07. The molecule has 2 amide bonds. The van der Waals surface area contributed by atoms with Gasteiger partial charge in [0.25, 0.3) is 0 Å². The summed E-state index contributed by atoms with van der Waals surface area (Å²) in [4.78, 5) is 23.9. The van der Waals surface area contributed by atoms with Gasteiger partial charge < -0.3 is 19.5 Å². The highest BCUT2D eigenvalue weighted by Gasteiger charge is 2.27. The molecule has 0 radical (unpaired) electrons. The number of ether oxygens (including phenoxy) is 1. The molecule has 0 aliphatic carbocycles. The Kier molecular flexibility index (Phi) is 5.49. The molecule has 1 saturated heterocycles. The lowest BCUT2D eigenvalue weighted by Crippen LogP contribution is -2.41. The highest BCUT2D eigenvalue weighted by molar-refractivity contribution is 5.90. The quantitative estimate of drug-likeness (QED) is 0.725. The summed E-state index contributed by atoms with van der Waals surface area (Å²) in [6.45, 7) is 5.92. The van der Waals surface area contributed by atoms with Crippen LogP contribution in [-0.4, -0.2) is 45.7 Å². The maximum atomic E-state index is 12.8. The first kappa shape index (κ1) is 19.4. The monoisotopic (exact) mass is 393 g/mol. The van der Waals surface area contributed by atoms with E-state index < -0.39 is 0 Å². The highest BCUT2D eigenvalue weighted by atomic mass is 16.5. The van der Waals surface area contributed by atoms with Gasteiger partial charge in [-0.05, 0) is 56.0 Å². The van der Waals surface area contributed by atoms with E-state index in [1.807, 2.05) is 36.1 Å². The van der Waals surface area contributed by atoms with Gasteiger partial charge in [-0.2, -0.15) is 0 Å². The molecule has 152 valence electrons. The van der Waals surface area contributed by atoms with Crippen LogP contribution in [0.3, 0.4) is 0 Å². The van der Waals surface area contributed by atoms with Crippen LogP contribution in [0.15, 0.2) is 36.5 Å². The van der Waals surface area contributed by atoms with E-state index in [0.717, 1.165) is 41.1 Å². The van der Waals surface area contributed by atoms with Gasteiger partial charge in [0, 0.05) is 38.1 Å². The van der Waals surface area contributed by atoms with Crippen molar-refractivity contribution in [1.29, 1.82) is 0 Å². The molecule has 0 bridgehead atoms. The van der Waals surface area contributed by atoms with Crippen molar-refractivity contribution in [1.82, 2.24) is 19.4 Å². The van der Waals surface area contributed by atoms with Gasteiger partial charge in [-0.1, -0.05) is 12.1 Å². The number of anilines is 1. The third-order valence-electron chi connectivity index (χ3n) is 5.76. The van der Waals surface area contributed by atoms with E-state index in [0.29, 0.717) is 19.7 Å². The number of methoxy groups -OCH3 is 1. The zero-order valence-corrected chi connectivity index (χ0v) is 17.2. The largest absolute Gasteiger partial charge is 0.377 e. The minimum atomic E-state index is -0.0390. The Balaban J connectivity index is 1.47. The smallest absolute Gasteiger partial charge is 0.321 e. The maximum Gasteiger partial charge on any atom is 0.321 e. The Morgan fingerprint density at radius 3 is 2.76 bits per heavy atom. The number of benzene rings is 1. The molecule has 0 spiro atoms. The van der Waals surface area contributed by atoms with Crippen molar-refractivity contribution in [3.8, 4) is 0 Å². The van der Waals surface area contributed by atoms with Crippen LogP contribution in [0.4, 0.5) is 10.5 Å². The normalized spacial score (nSPS) is 15.1. The van der Waals surface area contributed by atoms with Gasteiger partial charge in [0.15, 0.2) is 5.65 Å². The second-order valence-corrected chi connectivity index (χ2v) is 7.57. The fourth-order valence-corrected chi connectivity index (χ4v) is 4.00. The number of nitrogens with one attached hydrogen (secondary N) is 1. The van der Waals surface area contributed by atoms with E-state index in [9.17, 15) is 4.79 Å². The maximum absolute atomic E-state index is 12.8. The second-order valence-electron chi connectivity index (χ2n) is 7.57. The van der Waals surface area contributed by atoms with Gasteiger partial charge in [0.2, 0.25) is 0 Å². The van der Waals surface area contributed by atoms with Crippen LogP contribution in [0, 0.1) is 13.8 Å². The number of aromatic nitrogens is 3. The zero-order valence-electron chi connectivity index (χ0n) is 17.2. The number of hydrogen-bond acceptors (Lipinski definition) is 4. The minimum absolute atomic E-state index is 0.0390. The standard InChI is InChI=1S/C22H27N5O2/c1-15-6-4-7-18(16(15)2)25-22(28)26-12-9-17(10-13-26)27-20(14-29-3)24-19-8-5-11-23-21(19)27/h4-8,11,17H,9-10,12-14H2,1-3H3,(H,25,28). The molecule has 0 unspecified atom stereocenters. The molecule has 7 nitrogen and oxygen atoms in total. The average molecular weight is 393 g/mol. The van der Waals surface area contributed by atoms with Gasteiger partial charge >= 0.3 is 6.03 Å². The molecule has 1 aromatic carbocycles. The number of piperidine rings is 1. The van der Waals surface area contributed by atoms with Crippen LogP contribution in [-0.2, 0) is 11.3 Å². The molecule has 29 heavy (non-hydrogen) atoms. The number of aryl methyl sites for hydroxylation is 1. The number of hydrogen-bond donors (Lipinski definition) is 1. The number of carbonyl (C=O) groups excluding carboxylic acids is 1. The topological polar surface area (TPSA) is 72.3 Å². The number of nitrogens with zero attached hydrogens (tertiary/aromatic N) is 4. The van der Waals surface area contributed by atoms with E-state index in [4.69, 9.17) is 4.74 Å². The molecule has 1 aliphatic heterocycles. The number of rotatable bonds is 4. The first-order valence-corrected chi connectivity index (χ1v) is 10.0. The van der Waals surface area contributed by atoms with Crippen LogP contribution in [0.5, 0.6) is 0 Å². The Hall–Kier alpha value is -2.93. The Bertz CT molecular complexity index is 1020. The third-order valence-corrected chi connectivity index (χ3v) is 5.76. The molecule has 1 aliphatic rings. The van der Waals surface area contributed by atoms with Gasteiger partial charge in [0.05, 0.1) is 0 Å². The van der Waals surface area contributed by atoms with Crippen LogP contribution >= 0.6 is 0 Å². The summed E-state index contributed by atoms with van der Waals surface area (Å²) in [7, 11) is 1.68. The summed E-state index contributed by atoms with van der Waals surface area (Å²) in [5.74, 6) is 0.888. The van der Waals surface area contributed by atoms with Crippen molar-refractivity contribution in [2.45, 2.75) is 39.3 Å². The number of carbonyl (C=O) groups is 1. The molecule has 4 rings (SSSR count). The summed E-state index contributed by atoms with van der Waals surface area (Å²) in [6.07, 6.45) is 3.52. The number of urea groups is 1. The Morgan fingerprint density at radius 2 is 2.00 bits per heavy atom. The molecule has 3 heterocycles.